The van der Waals surface area contributed by atoms with Gasteiger partial charge in [-0.15, -0.1) is 11.3 Å². The molecule has 242 valence electrons. The lowest BCUT2D eigenvalue weighted by Crippen LogP contribution is -2.14. The zero-order chi connectivity index (χ0) is 34.1. The first-order valence-electron chi connectivity index (χ1n) is 17.7. The van der Waals surface area contributed by atoms with Crippen molar-refractivity contribution in [2.24, 2.45) is 0 Å². The molecule has 1 aromatic heterocycles. The lowest BCUT2D eigenvalue weighted by molar-refractivity contribution is 0.660. The maximum atomic E-state index is 2.49. The predicted octanol–water partition coefficient (Wildman–Crippen LogP) is 14.3. The Hall–Kier alpha value is -5.96. The van der Waals surface area contributed by atoms with E-state index in [-0.39, 0.29) is 5.41 Å². The van der Waals surface area contributed by atoms with Crippen LogP contribution in [0, 0.1) is 0 Å². The number of anilines is 3. The average molecular weight is 670 g/mol. The van der Waals surface area contributed by atoms with Gasteiger partial charge in [0.05, 0.1) is 16.1 Å². The van der Waals surface area contributed by atoms with Gasteiger partial charge in [-0.1, -0.05) is 159 Å². The van der Waals surface area contributed by atoms with Crippen molar-refractivity contribution in [1.29, 1.82) is 0 Å². The zero-order valence-corrected chi connectivity index (χ0v) is 29.4. The largest absolute Gasteiger partial charge is 0.308 e. The predicted molar refractivity (Wildman–Crippen MR) is 220 cm³/mol. The second-order valence-electron chi connectivity index (χ2n) is 14.1. The SMILES string of the molecule is CC1(C)c2ccccc2-c2c(-c3ccccc3N(c3ccc(-c4cccc5ccccc45)cc3)c3cccc4c3sc3ccccc34)cccc21. The van der Waals surface area contributed by atoms with Crippen molar-refractivity contribution in [1.82, 2.24) is 0 Å². The first kappa shape index (κ1) is 29.9. The molecule has 1 aliphatic rings. The molecule has 0 spiro atoms. The molecule has 0 unspecified atom stereocenters. The Labute approximate surface area is 302 Å². The third kappa shape index (κ3) is 4.60. The van der Waals surface area contributed by atoms with Gasteiger partial charge < -0.3 is 4.90 Å². The molecule has 10 rings (SSSR count). The molecule has 0 aliphatic heterocycles. The Morgan fingerprint density at radius 3 is 1.90 bits per heavy atom. The van der Waals surface area contributed by atoms with Crippen LogP contribution in [0.5, 0.6) is 0 Å². The minimum atomic E-state index is -0.0727. The fraction of sp³-hybridized carbons (Fsp3) is 0.0612. The highest BCUT2D eigenvalue weighted by atomic mass is 32.1. The number of thiophene rings is 1. The van der Waals surface area contributed by atoms with Gasteiger partial charge in [0.1, 0.15) is 0 Å². The van der Waals surface area contributed by atoms with Gasteiger partial charge in [0.25, 0.3) is 0 Å². The van der Waals surface area contributed by atoms with E-state index in [9.17, 15) is 0 Å². The molecule has 2 heteroatoms. The smallest absolute Gasteiger partial charge is 0.0640 e. The summed E-state index contributed by atoms with van der Waals surface area (Å²) in [4.78, 5) is 2.49. The minimum absolute atomic E-state index is 0.0727. The standard InChI is InChI=1S/C49H35NS/c1-49(2)42-23-8-5-19-41(42)47-39(21-12-24-43(47)49)37-17-6-9-25-44(37)50(45-26-13-22-40-38-18-7-10-27-46(38)51-48(40)45)34-30-28-33(29-31-34)36-20-11-15-32-14-3-4-16-35(32)36/h3-31H,1-2H3. The van der Waals surface area contributed by atoms with Crippen molar-refractivity contribution >= 4 is 59.3 Å². The van der Waals surface area contributed by atoms with Gasteiger partial charge in [0, 0.05) is 32.1 Å². The summed E-state index contributed by atoms with van der Waals surface area (Å²) >= 11 is 1.88. The molecule has 51 heavy (non-hydrogen) atoms. The van der Waals surface area contributed by atoms with Crippen molar-refractivity contribution < 1.29 is 0 Å². The number of hydrogen-bond donors (Lipinski definition) is 0. The third-order valence-electron chi connectivity index (χ3n) is 10.9. The van der Waals surface area contributed by atoms with Crippen LogP contribution in [0.25, 0.3) is 64.3 Å². The van der Waals surface area contributed by atoms with Crippen LogP contribution in [0.4, 0.5) is 17.1 Å². The number of hydrogen-bond acceptors (Lipinski definition) is 2. The van der Waals surface area contributed by atoms with Crippen molar-refractivity contribution in [3.8, 4) is 33.4 Å². The van der Waals surface area contributed by atoms with E-state index in [0.717, 1.165) is 11.4 Å². The molecule has 1 aliphatic carbocycles. The first-order chi connectivity index (χ1) is 25.1. The summed E-state index contributed by atoms with van der Waals surface area (Å²) in [6.07, 6.45) is 0. The third-order valence-corrected chi connectivity index (χ3v) is 12.1. The molecule has 0 amide bonds. The lowest BCUT2D eigenvalue weighted by atomic mass is 9.82. The van der Waals surface area contributed by atoms with E-state index < -0.39 is 0 Å². The molecule has 0 N–H and O–H groups in total. The summed E-state index contributed by atoms with van der Waals surface area (Å²) in [5, 5.41) is 5.12. The molecule has 1 heterocycles. The molecule has 9 aromatic rings. The molecule has 8 aromatic carbocycles. The highest BCUT2D eigenvalue weighted by Crippen LogP contribution is 2.54. The highest BCUT2D eigenvalue weighted by molar-refractivity contribution is 7.26. The summed E-state index contributed by atoms with van der Waals surface area (Å²) in [5.41, 5.74) is 13.8. The normalized spacial score (nSPS) is 13.1. The van der Waals surface area contributed by atoms with Gasteiger partial charge in [0.2, 0.25) is 0 Å². The Kier molecular flexibility index (Phi) is 6.78. The van der Waals surface area contributed by atoms with Gasteiger partial charge in [-0.25, -0.2) is 0 Å². The Bertz CT molecular complexity index is 2780. The zero-order valence-electron chi connectivity index (χ0n) is 28.6. The summed E-state index contributed by atoms with van der Waals surface area (Å²) in [5.74, 6) is 0. The Balaban J connectivity index is 1.22. The van der Waals surface area contributed by atoms with Gasteiger partial charge in [-0.2, -0.15) is 0 Å². The minimum Gasteiger partial charge on any atom is -0.308 e. The molecule has 0 saturated carbocycles. The molecule has 0 bridgehead atoms. The monoisotopic (exact) mass is 669 g/mol. The number of benzene rings is 8. The van der Waals surface area contributed by atoms with E-state index >= 15 is 0 Å². The lowest BCUT2D eigenvalue weighted by Gasteiger charge is -2.29. The Morgan fingerprint density at radius 1 is 0.431 bits per heavy atom. The highest BCUT2D eigenvalue weighted by Gasteiger charge is 2.37. The van der Waals surface area contributed by atoms with E-state index in [2.05, 4.69) is 195 Å². The van der Waals surface area contributed by atoms with Crippen molar-refractivity contribution in [2.75, 3.05) is 4.90 Å². The summed E-state index contributed by atoms with van der Waals surface area (Å²) in [6.45, 7) is 4.72. The molecule has 0 saturated heterocycles. The first-order valence-corrected chi connectivity index (χ1v) is 18.5. The van der Waals surface area contributed by atoms with Gasteiger partial charge >= 0.3 is 0 Å². The average Bonchev–Trinajstić information content (AvgIpc) is 3.68. The second-order valence-corrected chi connectivity index (χ2v) is 15.1. The molecule has 0 fully saturated rings. The van der Waals surface area contributed by atoms with Crippen LogP contribution in [0.15, 0.2) is 176 Å². The molecular formula is C49H35NS. The van der Waals surface area contributed by atoms with Crippen molar-refractivity contribution in [2.45, 2.75) is 19.3 Å². The number of nitrogens with zero attached hydrogens (tertiary/aromatic N) is 1. The van der Waals surface area contributed by atoms with Crippen LogP contribution >= 0.6 is 11.3 Å². The van der Waals surface area contributed by atoms with E-state index in [1.54, 1.807) is 0 Å². The van der Waals surface area contributed by atoms with Gasteiger partial charge in [0.15, 0.2) is 0 Å². The van der Waals surface area contributed by atoms with Gasteiger partial charge in [-0.3, -0.25) is 0 Å². The molecular weight excluding hydrogens is 635 g/mol. The van der Waals surface area contributed by atoms with Gasteiger partial charge in [-0.05, 0) is 80.0 Å². The fourth-order valence-corrected chi connectivity index (χ4v) is 9.67. The van der Waals surface area contributed by atoms with Crippen molar-refractivity contribution in [3.63, 3.8) is 0 Å². The number of para-hydroxylation sites is 1. The molecule has 1 nitrogen and oxygen atoms in total. The summed E-state index contributed by atoms with van der Waals surface area (Å²) in [7, 11) is 0. The number of rotatable bonds is 5. The van der Waals surface area contributed by atoms with Crippen LogP contribution in [0.3, 0.4) is 0 Å². The second kappa shape index (κ2) is 11.6. The molecule has 0 radical (unpaired) electrons. The number of fused-ring (bicyclic) bond motifs is 7. The maximum absolute atomic E-state index is 2.49. The summed E-state index contributed by atoms with van der Waals surface area (Å²) in [6, 6.07) is 64.8. The topological polar surface area (TPSA) is 3.24 Å². The molecule has 0 atom stereocenters. The van der Waals surface area contributed by atoms with Crippen LogP contribution in [0.2, 0.25) is 0 Å². The maximum Gasteiger partial charge on any atom is 0.0640 e. The van der Waals surface area contributed by atoms with E-state index in [0.29, 0.717) is 0 Å². The summed E-state index contributed by atoms with van der Waals surface area (Å²) < 4.78 is 2.59. The van der Waals surface area contributed by atoms with Crippen LogP contribution < -0.4 is 4.90 Å². The van der Waals surface area contributed by atoms with Crippen LogP contribution in [-0.2, 0) is 5.41 Å². The van der Waals surface area contributed by atoms with Crippen LogP contribution in [0.1, 0.15) is 25.0 Å². The van der Waals surface area contributed by atoms with E-state index in [4.69, 9.17) is 0 Å². The van der Waals surface area contributed by atoms with E-state index in [1.165, 1.54) is 81.1 Å². The van der Waals surface area contributed by atoms with E-state index in [1.807, 2.05) is 11.3 Å². The van der Waals surface area contributed by atoms with Crippen molar-refractivity contribution in [3.05, 3.63) is 187 Å². The Morgan fingerprint density at radius 2 is 1.02 bits per heavy atom. The fourth-order valence-electron chi connectivity index (χ4n) is 8.46. The quantitative estimate of drug-likeness (QED) is 0.176. The van der Waals surface area contributed by atoms with Crippen LogP contribution in [-0.4, -0.2) is 0 Å².